The molecule has 1 aliphatic heterocycles. The van der Waals surface area contributed by atoms with E-state index < -0.39 is 0 Å². The van der Waals surface area contributed by atoms with E-state index in [1.165, 1.54) is 32.4 Å². The van der Waals surface area contributed by atoms with Gasteiger partial charge in [0.15, 0.2) is 17.0 Å². The Balaban J connectivity index is 1.74. The number of ether oxygens (including phenoxy) is 2. The summed E-state index contributed by atoms with van der Waals surface area (Å²) in [5.74, 6) is 1.09. The van der Waals surface area contributed by atoms with Crippen LogP contribution in [-0.4, -0.2) is 57.3 Å². The fourth-order valence-corrected chi connectivity index (χ4v) is 4.25. The van der Waals surface area contributed by atoms with Crippen LogP contribution in [0.4, 0.5) is 5.82 Å². The summed E-state index contributed by atoms with van der Waals surface area (Å²) in [4.78, 5) is 16.0. The van der Waals surface area contributed by atoms with E-state index in [1.54, 1.807) is 7.11 Å². The topological polar surface area (TPSA) is 91.3 Å². The number of aryl methyl sites for hydroxylation is 1. The second-order valence-electron chi connectivity index (χ2n) is 8.07. The third kappa shape index (κ3) is 5.29. The van der Waals surface area contributed by atoms with Crippen molar-refractivity contribution in [3.8, 4) is 12.0 Å². The number of aromatic nitrogens is 4. The number of methoxy groups -OCH3 is 1. The molecule has 2 N–H and O–H groups in total. The van der Waals surface area contributed by atoms with Crippen LogP contribution in [0.3, 0.4) is 0 Å². The zero-order valence-electron chi connectivity index (χ0n) is 18.4. The number of rotatable bonds is 10. The van der Waals surface area contributed by atoms with Crippen LogP contribution in [0, 0.1) is 5.92 Å². The molecule has 29 heavy (non-hydrogen) atoms. The van der Waals surface area contributed by atoms with Crippen LogP contribution in [0.5, 0.6) is 12.0 Å². The lowest BCUT2D eigenvalue weighted by atomic mass is 9.93. The first-order valence-corrected chi connectivity index (χ1v) is 11.0. The van der Waals surface area contributed by atoms with Crippen molar-refractivity contribution in [3.05, 3.63) is 0 Å². The molecule has 1 aliphatic rings. The summed E-state index contributed by atoms with van der Waals surface area (Å²) in [6.45, 7) is 10.8. The van der Waals surface area contributed by atoms with Gasteiger partial charge in [0.1, 0.15) is 0 Å². The number of nitrogens with zero attached hydrogens (tertiary/aromatic N) is 5. The van der Waals surface area contributed by atoms with Crippen molar-refractivity contribution in [1.82, 2.24) is 24.4 Å². The molecule has 2 atom stereocenters. The molecule has 0 amide bonds. The zero-order chi connectivity index (χ0) is 20.8. The number of fused-ring (bicyclic) bond motifs is 1. The minimum atomic E-state index is 0.0444. The van der Waals surface area contributed by atoms with E-state index in [0.29, 0.717) is 29.0 Å². The van der Waals surface area contributed by atoms with Crippen LogP contribution in [0.2, 0.25) is 0 Å². The molecule has 8 nitrogen and oxygen atoms in total. The summed E-state index contributed by atoms with van der Waals surface area (Å²) in [6, 6.07) is 0.837. The van der Waals surface area contributed by atoms with Crippen LogP contribution >= 0.6 is 0 Å². The number of hydrogen-bond donors (Lipinski definition) is 1. The molecule has 0 bridgehead atoms. The number of nitrogen functional groups attached to an aromatic ring is 1. The minimum Gasteiger partial charge on any atom is -0.468 e. The summed E-state index contributed by atoms with van der Waals surface area (Å²) in [6.07, 6.45) is 6.90. The molecule has 8 heteroatoms. The van der Waals surface area contributed by atoms with Crippen LogP contribution in [-0.2, 0) is 6.54 Å². The predicted octanol–water partition coefficient (Wildman–Crippen LogP) is 3.50. The first-order valence-electron chi connectivity index (χ1n) is 11.0. The number of hydrogen-bond acceptors (Lipinski definition) is 7. The van der Waals surface area contributed by atoms with E-state index in [4.69, 9.17) is 15.2 Å². The molecule has 0 aliphatic carbocycles. The van der Waals surface area contributed by atoms with Gasteiger partial charge < -0.3 is 20.1 Å². The normalized spacial score (nSPS) is 18.8. The molecule has 0 radical (unpaired) electrons. The lowest BCUT2D eigenvalue weighted by Crippen LogP contribution is -2.35. The number of nitrogens with two attached hydrogens (primary N) is 1. The van der Waals surface area contributed by atoms with E-state index in [9.17, 15) is 0 Å². The second-order valence-corrected chi connectivity index (χ2v) is 8.07. The standard InChI is InChI=1S/C21H36N6O2/c1-5-9-15(3)29-20-24-18(22)17-19(25-20)27(21(23-17)28-4)13-8-11-16-10-7-12-26(6-2)14-16/h15-16H,5-14H2,1-4H3,(H2,22,24,25)/t15-,16?/m0/s1. The quantitative estimate of drug-likeness (QED) is 0.648. The molecular weight excluding hydrogens is 368 g/mol. The highest BCUT2D eigenvalue weighted by atomic mass is 16.5. The molecule has 2 aromatic rings. The maximum Gasteiger partial charge on any atom is 0.320 e. The van der Waals surface area contributed by atoms with E-state index in [-0.39, 0.29) is 6.10 Å². The van der Waals surface area contributed by atoms with Gasteiger partial charge in [-0.05, 0) is 58.0 Å². The summed E-state index contributed by atoms with van der Waals surface area (Å²) < 4.78 is 13.4. The molecule has 1 unspecified atom stereocenters. The van der Waals surface area contributed by atoms with Gasteiger partial charge in [0.2, 0.25) is 0 Å². The SMILES string of the molecule is CCC[C@H](C)Oc1nc(N)c2nc(OC)n(CCCC3CCCN(CC)C3)c2n1. The van der Waals surface area contributed by atoms with Crippen molar-refractivity contribution in [2.45, 2.75) is 71.9 Å². The lowest BCUT2D eigenvalue weighted by Gasteiger charge is -2.31. The highest BCUT2D eigenvalue weighted by Gasteiger charge is 2.21. The average molecular weight is 405 g/mol. The summed E-state index contributed by atoms with van der Waals surface area (Å²) in [5, 5.41) is 0. The third-order valence-electron chi connectivity index (χ3n) is 5.79. The molecule has 0 saturated carbocycles. The highest BCUT2D eigenvalue weighted by Crippen LogP contribution is 2.27. The van der Waals surface area contributed by atoms with E-state index in [2.05, 4.69) is 33.7 Å². The van der Waals surface area contributed by atoms with Gasteiger partial charge in [-0.3, -0.25) is 4.57 Å². The predicted molar refractivity (Wildman–Crippen MR) is 115 cm³/mol. The lowest BCUT2D eigenvalue weighted by molar-refractivity contribution is 0.173. The van der Waals surface area contributed by atoms with Gasteiger partial charge in [-0.15, -0.1) is 0 Å². The molecule has 2 aromatic heterocycles. The Morgan fingerprint density at radius 1 is 1.24 bits per heavy atom. The Labute approximate surface area is 173 Å². The van der Waals surface area contributed by atoms with Gasteiger partial charge in [-0.2, -0.15) is 15.0 Å². The van der Waals surface area contributed by atoms with E-state index in [0.717, 1.165) is 38.3 Å². The Morgan fingerprint density at radius 2 is 2.07 bits per heavy atom. The van der Waals surface area contributed by atoms with Crippen molar-refractivity contribution in [1.29, 1.82) is 0 Å². The molecule has 1 saturated heterocycles. The summed E-state index contributed by atoms with van der Waals surface area (Å²) >= 11 is 0. The Hall–Kier alpha value is -2.09. The Morgan fingerprint density at radius 3 is 2.79 bits per heavy atom. The summed E-state index contributed by atoms with van der Waals surface area (Å²) in [7, 11) is 1.63. The fourth-order valence-electron chi connectivity index (χ4n) is 4.25. The maximum absolute atomic E-state index is 6.15. The first-order chi connectivity index (χ1) is 14.0. The summed E-state index contributed by atoms with van der Waals surface area (Å²) in [5.41, 5.74) is 7.41. The van der Waals surface area contributed by atoms with Crippen molar-refractivity contribution < 1.29 is 9.47 Å². The fraction of sp³-hybridized carbons (Fsp3) is 0.762. The number of piperidine rings is 1. The van der Waals surface area contributed by atoms with Gasteiger partial charge in [-0.25, -0.2) is 0 Å². The smallest absolute Gasteiger partial charge is 0.320 e. The molecule has 3 heterocycles. The molecule has 3 rings (SSSR count). The zero-order valence-corrected chi connectivity index (χ0v) is 18.4. The molecule has 0 spiro atoms. The van der Waals surface area contributed by atoms with Gasteiger partial charge in [0.05, 0.1) is 13.2 Å². The molecule has 162 valence electrons. The van der Waals surface area contributed by atoms with Crippen LogP contribution < -0.4 is 15.2 Å². The minimum absolute atomic E-state index is 0.0444. The van der Waals surface area contributed by atoms with Crippen molar-refractivity contribution in [2.75, 3.05) is 32.5 Å². The van der Waals surface area contributed by atoms with Crippen molar-refractivity contribution in [2.24, 2.45) is 5.92 Å². The Bertz CT molecular complexity index is 793. The van der Waals surface area contributed by atoms with E-state index in [1.807, 2.05) is 11.5 Å². The first kappa shape index (κ1) is 21.6. The second kappa shape index (κ2) is 10.1. The largest absolute Gasteiger partial charge is 0.468 e. The molecule has 1 fully saturated rings. The maximum atomic E-state index is 6.15. The molecular formula is C21H36N6O2. The third-order valence-corrected chi connectivity index (χ3v) is 5.79. The van der Waals surface area contributed by atoms with Gasteiger partial charge in [0, 0.05) is 13.1 Å². The van der Waals surface area contributed by atoms with Gasteiger partial charge in [-0.1, -0.05) is 20.3 Å². The van der Waals surface area contributed by atoms with Gasteiger partial charge in [0.25, 0.3) is 6.01 Å². The van der Waals surface area contributed by atoms with Crippen molar-refractivity contribution in [3.63, 3.8) is 0 Å². The molecule has 0 aromatic carbocycles. The van der Waals surface area contributed by atoms with Crippen LogP contribution in [0.15, 0.2) is 0 Å². The van der Waals surface area contributed by atoms with Crippen LogP contribution in [0.25, 0.3) is 11.2 Å². The van der Waals surface area contributed by atoms with Crippen molar-refractivity contribution >= 4 is 17.0 Å². The highest BCUT2D eigenvalue weighted by molar-refractivity contribution is 5.83. The average Bonchev–Trinajstić information content (AvgIpc) is 3.06. The van der Waals surface area contributed by atoms with E-state index >= 15 is 0 Å². The number of imidazole rings is 1. The van der Waals surface area contributed by atoms with Gasteiger partial charge >= 0.3 is 6.01 Å². The van der Waals surface area contributed by atoms with Crippen LogP contribution in [0.1, 0.15) is 59.3 Å². The number of anilines is 1. The monoisotopic (exact) mass is 404 g/mol. The number of likely N-dealkylation sites (tertiary alicyclic amines) is 1. The Kier molecular flexibility index (Phi) is 7.52.